The average Bonchev–Trinajstić information content (AvgIpc) is 2.31. The van der Waals surface area contributed by atoms with Crippen LogP contribution < -0.4 is 0 Å². The van der Waals surface area contributed by atoms with E-state index in [1.807, 2.05) is 0 Å². The van der Waals surface area contributed by atoms with E-state index in [1.165, 1.54) is 12.1 Å². The van der Waals surface area contributed by atoms with Gasteiger partial charge in [-0.05, 0) is 18.2 Å². The fourth-order valence-electron chi connectivity index (χ4n) is 1.46. The summed E-state index contributed by atoms with van der Waals surface area (Å²) < 4.78 is 26.8. The molecule has 0 fully saturated rings. The molecule has 0 saturated carbocycles. The van der Waals surface area contributed by atoms with Gasteiger partial charge in [0.25, 0.3) is 0 Å². The highest BCUT2D eigenvalue weighted by Gasteiger charge is 2.16. The number of aromatic hydroxyl groups is 1. The van der Waals surface area contributed by atoms with Gasteiger partial charge in [0.15, 0.2) is 11.6 Å². The second-order valence-corrected chi connectivity index (χ2v) is 4.15. The summed E-state index contributed by atoms with van der Waals surface area (Å²) in [7, 11) is 0. The van der Waals surface area contributed by atoms with E-state index < -0.39 is 17.4 Å². The number of rotatable bonds is 1. The van der Waals surface area contributed by atoms with Gasteiger partial charge in [0.1, 0.15) is 0 Å². The monoisotopic (exact) mass is 274 g/mol. The summed E-state index contributed by atoms with van der Waals surface area (Å²) in [6, 6.07) is 6.94. The van der Waals surface area contributed by atoms with E-state index in [0.717, 1.165) is 6.07 Å². The van der Waals surface area contributed by atoms with Crippen molar-refractivity contribution >= 4 is 23.2 Å². The van der Waals surface area contributed by atoms with E-state index >= 15 is 0 Å². The molecule has 1 N–H and O–H groups in total. The SMILES string of the molecule is Oc1ccc(-c2cccc(Cl)c2Cl)c(F)c1F. The standard InChI is InChI=1S/C12H6Cl2F2O/c13-8-3-1-2-6(10(8)14)7-4-5-9(17)12(16)11(7)15/h1-5,17H. The lowest BCUT2D eigenvalue weighted by atomic mass is 10.0. The molecular formula is C12H6Cl2F2O. The van der Waals surface area contributed by atoms with Crippen molar-refractivity contribution in [1.29, 1.82) is 0 Å². The second-order valence-electron chi connectivity index (χ2n) is 3.36. The van der Waals surface area contributed by atoms with Crippen LogP contribution in [0.3, 0.4) is 0 Å². The van der Waals surface area contributed by atoms with Crippen LogP contribution in [-0.2, 0) is 0 Å². The van der Waals surface area contributed by atoms with Crippen molar-refractivity contribution in [3.63, 3.8) is 0 Å². The normalized spacial score (nSPS) is 10.6. The lowest BCUT2D eigenvalue weighted by Crippen LogP contribution is -1.91. The Bertz CT molecular complexity index is 585. The maximum absolute atomic E-state index is 13.6. The first kappa shape index (κ1) is 12.1. The van der Waals surface area contributed by atoms with Crippen LogP contribution in [0.2, 0.25) is 10.0 Å². The van der Waals surface area contributed by atoms with E-state index in [4.69, 9.17) is 28.3 Å². The Morgan fingerprint density at radius 2 is 1.59 bits per heavy atom. The molecule has 0 saturated heterocycles. The van der Waals surface area contributed by atoms with Crippen LogP contribution in [0.25, 0.3) is 11.1 Å². The fraction of sp³-hybridized carbons (Fsp3) is 0. The Morgan fingerprint density at radius 1 is 0.882 bits per heavy atom. The summed E-state index contributed by atoms with van der Waals surface area (Å²) in [5.74, 6) is -3.21. The van der Waals surface area contributed by atoms with Crippen molar-refractivity contribution < 1.29 is 13.9 Å². The van der Waals surface area contributed by atoms with Crippen molar-refractivity contribution in [2.24, 2.45) is 0 Å². The molecule has 0 radical (unpaired) electrons. The van der Waals surface area contributed by atoms with Gasteiger partial charge in [-0.1, -0.05) is 35.3 Å². The molecular weight excluding hydrogens is 269 g/mol. The van der Waals surface area contributed by atoms with Crippen LogP contribution in [0.15, 0.2) is 30.3 Å². The Kier molecular flexibility index (Phi) is 3.22. The van der Waals surface area contributed by atoms with E-state index in [0.29, 0.717) is 0 Å². The maximum atomic E-state index is 13.6. The number of phenols is 1. The van der Waals surface area contributed by atoms with Gasteiger partial charge in [0.2, 0.25) is 5.82 Å². The number of phenolic OH excluding ortho intramolecular Hbond substituents is 1. The van der Waals surface area contributed by atoms with E-state index in [9.17, 15) is 8.78 Å². The molecule has 0 bridgehead atoms. The summed E-state index contributed by atoms with van der Waals surface area (Å²) in [4.78, 5) is 0. The molecule has 17 heavy (non-hydrogen) atoms. The summed E-state index contributed by atoms with van der Waals surface area (Å²) in [5.41, 5.74) is 0.225. The molecule has 1 nitrogen and oxygen atoms in total. The lowest BCUT2D eigenvalue weighted by Gasteiger charge is -2.08. The third-order valence-corrected chi connectivity index (χ3v) is 3.12. The van der Waals surface area contributed by atoms with Gasteiger partial charge in [-0.2, -0.15) is 4.39 Å². The summed E-state index contributed by atoms with van der Waals surface area (Å²) in [6.07, 6.45) is 0. The van der Waals surface area contributed by atoms with Crippen LogP contribution >= 0.6 is 23.2 Å². The van der Waals surface area contributed by atoms with E-state index in [-0.39, 0.29) is 21.2 Å². The predicted molar refractivity (Wildman–Crippen MR) is 63.5 cm³/mol. The number of hydrogen-bond donors (Lipinski definition) is 1. The molecule has 0 unspecified atom stereocenters. The first-order valence-electron chi connectivity index (χ1n) is 4.63. The van der Waals surface area contributed by atoms with Crippen molar-refractivity contribution in [3.8, 4) is 16.9 Å². The summed E-state index contributed by atoms with van der Waals surface area (Å²) in [6.45, 7) is 0. The quantitative estimate of drug-likeness (QED) is 0.803. The minimum atomic E-state index is -1.31. The van der Waals surface area contributed by atoms with Crippen LogP contribution in [0, 0.1) is 11.6 Å². The van der Waals surface area contributed by atoms with Gasteiger partial charge in [-0.3, -0.25) is 0 Å². The molecule has 0 amide bonds. The van der Waals surface area contributed by atoms with Crippen molar-refractivity contribution in [2.45, 2.75) is 0 Å². The van der Waals surface area contributed by atoms with Gasteiger partial charge in [0.05, 0.1) is 10.0 Å². The molecule has 0 aliphatic rings. The largest absolute Gasteiger partial charge is 0.505 e. The van der Waals surface area contributed by atoms with Crippen LogP contribution in [0.1, 0.15) is 0 Å². The second kappa shape index (κ2) is 4.51. The van der Waals surface area contributed by atoms with Crippen LogP contribution in [-0.4, -0.2) is 5.11 Å². The van der Waals surface area contributed by atoms with Gasteiger partial charge < -0.3 is 5.11 Å². The van der Waals surface area contributed by atoms with Crippen LogP contribution in [0.4, 0.5) is 8.78 Å². The highest BCUT2D eigenvalue weighted by Crippen LogP contribution is 2.36. The Morgan fingerprint density at radius 3 is 2.29 bits per heavy atom. The molecule has 0 aliphatic heterocycles. The average molecular weight is 275 g/mol. The molecule has 5 heteroatoms. The minimum absolute atomic E-state index is 0.0483. The molecule has 2 aromatic rings. The summed E-state index contributed by atoms with van der Waals surface area (Å²) >= 11 is 11.7. The maximum Gasteiger partial charge on any atom is 0.200 e. The molecule has 0 heterocycles. The molecule has 88 valence electrons. The summed E-state index contributed by atoms with van der Waals surface area (Å²) in [5, 5.41) is 9.41. The minimum Gasteiger partial charge on any atom is -0.505 e. The van der Waals surface area contributed by atoms with Gasteiger partial charge in [-0.15, -0.1) is 0 Å². The van der Waals surface area contributed by atoms with Crippen LogP contribution in [0.5, 0.6) is 5.75 Å². The molecule has 2 aromatic carbocycles. The number of hydrogen-bond acceptors (Lipinski definition) is 1. The number of halogens is 4. The third-order valence-electron chi connectivity index (χ3n) is 2.30. The lowest BCUT2D eigenvalue weighted by molar-refractivity contribution is 0.408. The van der Waals surface area contributed by atoms with E-state index in [2.05, 4.69) is 0 Å². The van der Waals surface area contributed by atoms with Gasteiger partial charge in [-0.25, -0.2) is 4.39 Å². The highest BCUT2D eigenvalue weighted by atomic mass is 35.5. The van der Waals surface area contributed by atoms with E-state index in [1.54, 1.807) is 12.1 Å². The van der Waals surface area contributed by atoms with Crippen molar-refractivity contribution in [3.05, 3.63) is 52.0 Å². The Balaban J connectivity index is 2.69. The highest BCUT2D eigenvalue weighted by molar-refractivity contribution is 6.43. The Hall–Kier alpha value is -1.32. The molecule has 0 aromatic heterocycles. The van der Waals surface area contributed by atoms with Gasteiger partial charge >= 0.3 is 0 Å². The molecule has 0 aliphatic carbocycles. The molecule has 2 rings (SSSR count). The van der Waals surface area contributed by atoms with Gasteiger partial charge in [0, 0.05) is 11.1 Å². The first-order chi connectivity index (χ1) is 8.02. The molecule has 0 spiro atoms. The predicted octanol–water partition coefficient (Wildman–Crippen LogP) is 4.64. The number of benzene rings is 2. The van der Waals surface area contributed by atoms with Crippen molar-refractivity contribution in [1.82, 2.24) is 0 Å². The topological polar surface area (TPSA) is 20.2 Å². The fourth-order valence-corrected chi connectivity index (χ4v) is 1.86. The smallest absolute Gasteiger partial charge is 0.200 e. The van der Waals surface area contributed by atoms with Crippen molar-refractivity contribution in [2.75, 3.05) is 0 Å². The zero-order valence-corrected chi connectivity index (χ0v) is 9.86. The zero-order valence-electron chi connectivity index (χ0n) is 8.35. The molecule has 0 atom stereocenters. The first-order valence-corrected chi connectivity index (χ1v) is 5.39. The third kappa shape index (κ3) is 2.08. The Labute approximate surface area is 106 Å². The zero-order chi connectivity index (χ0) is 12.6.